The molecule has 0 bridgehead atoms. The van der Waals surface area contributed by atoms with Crippen molar-refractivity contribution in [3.63, 3.8) is 0 Å². The molecule has 150 valence electrons. The first-order valence-electron chi connectivity index (χ1n) is 8.88. The van der Waals surface area contributed by atoms with E-state index >= 15 is 0 Å². The molecule has 3 unspecified atom stereocenters. The van der Waals surface area contributed by atoms with Crippen LogP contribution >= 0.6 is 31.9 Å². The predicted molar refractivity (Wildman–Crippen MR) is 114 cm³/mol. The van der Waals surface area contributed by atoms with Crippen molar-refractivity contribution in [1.29, 1.82) is 5.26 Å². The summed E-state index contributed by atoms with van der Waals surface area (Å²) in [7, 11) is 0. The molecule has 0 saturated heterocycles. The minimum atomic E-state index is -1.05. The van der Waals surface area contributed by atoms with Crippen LogP contribution in [0.4, 0.5) is 4.39 Å². The average molecular weight is 523 g/mol. The molecule has 0 spiro atoms. The van der Waals surface area contributed by atoms with Gasteiger partial charge in [-0.1, -0.05) is 32.1 Å². The summed E-state index contributed by atoms with van der Waals surface area (Å²) in [5, 5.41) is 9.55. The van der Waals surface area contributed by atoms with Gasteiger partial charge < -0.3 is 9.47 Å². The molecular formula is C22H18Br2FNO3. The van der Waals surface area contributed by atoms with Gasteiger partial charge in [-0.2, -0.15) is 5.26 Å². The molecule has 1 fully saturated rings. The third-order valence-corrected chi connectivity index (χ3v) is 5.56. The van der Waals surface area contributed by atoms with E-state index < -0.39 is 12.1 Å². The monoisotopic (exact) mass is 521 g/mol. The molecule has 0 amide bonds. The lowest BCUT2D eigenvalue weighted by molar-refractivity contribution is -0.149. The van der Waals surface area contributed by atoms with Gasteiger partial charge >= 0.3 is 5.97 Å². The van der Waals surface area contributed by atoms with E-state index in [9.17, 15) is 14.4 Å². The van der Waals surface area contributed by atoms with E-state index in [2.05, 4.69) is 31.9 Å². The van der Waals surface area contributed by atoms with Gasteiger partial charge in [0.15, 0.2) is 0 Å². The van der Waals surface area contributed by atoms with Crippen molar-refractivity contribution in [3.8, 4) is 17.6 Å². The highest BCUT2D eigenvalue weighted by atomic mass is 79.9. The van der Waals surface area contributed by atoms with Crippen LogP contribution in [0.15, 0.2) is 58.0 Å². The first-order chi connectivity index (χ1) is 13.7. The SMILES string of the molecule is CC1(C)C(C=C(Br)Br)C1C(=O)OC(C#N)c1cccc(Oc2ccc(F)cc2)c1. The predicted octanol–water partition coefficient (Wildman–Crippen LogP) is 6.63. The highest BCUT2D eigenvalue weighted by Gasteiger charge is 2.61. The molecule has 0 N–H and O–H groups in total. The molecule has 0 aliphatic heterocycles. The van der Waals surface area contributed by atoms with E-state index in [0.29, 0.717) is 17.1 Å². The summed E-state index contributed by atoms with van der Waals surface area (Å²) in [6, 6.07) is 14.4. The van der Waals surface area contributed by atoms with Gasteiger partial charge in [-0.25, -0.2) is 4.39 Å². The first-order valence-corrected chi connectivity index (χ1v) is 10.5. The Kier molecular flexibility index (Phi) is 6.45. The van der Waals surface area contributed by atoms with Crippen molar-refractivity contribution in [3.05, 3.63) is 69.4 Å². The Morgan fingerprint density at radius 2 is 1.90 bits per heavy atom. The van der Waals surface area contributed by atoms with E-state index in [0.717, 1.165) is 3.39 Å². The van der Waals surface area contributed by atoms with E-state index in [1.807, 2.05) is 26.0 Å². The van der Waals surface area contributed by atoms with E-state index in [1.165, 1.54) is 24.3 Å². The van der Waals surface area contributed by atoms with Crippen LogP contribution in [0.1, 0.15) is 25.5 Å². The second-order valence-corrected chi connectivity index (χ2v) is 10.1. The van der Waals surface area contributed by atoms with Crippen LogP contribution < -0.4 is 4.74 Å². The Morgan fingerprint density at radius 3 is 2.52 bits per heavy atom. The molecule has 2 aromatic rings. The summed E-state index contributed by atoms with van der Waals surface area (Å²) >= 11 is 6.64. The Balaban J connectivity index is 1.72. The summed E-state index contributed by atoms with van der Waals surface area (Å²) in [5.41, 5.74) is 0.268. The van der Waals surface area contributed by atoms with Crippen molar-refractivity contribution in [2.75, 3.05) is 0 Å². The first kappa shape index (κ1) is 21.5. The Hall–Kier alpha value is -2.17. The number of ether oxygens (including phenoxy) is 2. The van der Waals surface area contributed by atoms with Crippen molar-refractivity contribution >= 4 is 37.8 Å². The van der Waals surface area contributed by atoms with Crippen LogP contribution in [-0.2, 0) is 9.53 Å². The summed E-state index contributed by atoms with van der Waals surface area (Å²) in [4.78, 5) is 12.7. The molecule has 3 rings (SSSR count). The van der Waals surface area contributed by atoms with Gasteiger partial charge in [-0.05, 0) is 79.6 Å². The number of carbonyl (C=O) groups excluding carboxylic acids is 1. The lowest BCUT2D eigenvalue weighted by Crippen LogP contribution is -2.14. The van der Waals surface area contributed by atoms with E-state index in [1.54, 1.807) is 24.3 Å². The quantitative estimate of drug-likeness (QED) is 0.399. The minimum Gasteiger partial charge on any atom is -0.457 e. The van der Waals surface area contributed by atoms with Crippen molar-refractivity contribution in [1.82, 2.24) is 0 Å². The average Bonchev–Trinajstić information content (AvgIpc) is 3.21. The Morgan fingerprint density at radius 1 is 1.21 bits per heavy atom. The zero-order valence-electron chi connectivity index (χ0n) is 15.7. The van der Waals surface area contributed by atoms with Crippen molar-refractivity contribution in [2.45, 2.75) is 20.0 Å². The molecule has 29 heavy (non-hydrogen) atoms. The molecule has 7 heteroatoms. The molecule has 0 heterocycles. The van der Waals surface area contributed by atoms with E-state index in [4.69, 9.17) is 9.47 Å². The summed E-state index contributed by atoms with van der Waals surface area (Å²) in [6.07, 6.45) is 0.873. The maximum absolute atomic E-state index is 13.0. The number of halogens is 3. The summed E-state index contributed by atoms with van der Waals surface area (Å²) in [5.74, 6) is -0.136. The maximum atomic E-state index is 13.0. The number of nitriles is 1. The van der Waals surface area contributed by atoms with Crippen LogP contribution in [-0.4, -0.2) is 5.97 Å². The maximum Gasteiger partial charge on any atom is 0.311 e. The van der Waals surface area contributed by atoms with Gasteiger partial charge in [0.1, 0.15) is 23.4 Å². The van der Waals surface area contributed by atoms with Gasteiger partial charge in [0.05, 0.1) is 9.31 Å². The fraction of sp³-hybridized carbons (Fsp3) is 0.273. The molecule has 0 radical (unpaired) electrons. The van der Waals surface area contributed by atoms with Crippen LogP contribution in [0.25, 0.3) is 0 Å². The third kappa shape index (κ3) is 5.06. The molecule has 3 atom stereocenters. The fourth-order valence-corrected chi connectivity index (χ4v) is 3.88. The van der Waals surface area contributed by atoms with Crippen LogP contribution in [0.5, 0.6) is 11.5 Å². The summed E-state index contributed by atoms with van der Waals surface area (Å²) in [6.45, 7) is 3.98. The number of rotatable bonds is 6. The molecule has 1 saturated carbocycles. The molecule has 4 nitrogen and oxygen atoms in total. The molecule has 1 aliphatic carbocycles. The fourth-order valence-electron chi connectivity index (χ4n) is 3.31. The van der Waals surface area contributed by atoms with Gasteiger partial charge in [0, 0.05) is 5.56 Å². The third-order valence-electron chi connectivity index (χ3n) is 5.03. The number of hydrogen-bond acceptors (Lipinski definition) is 4. The Labute approximate surface area is 185 Å². The second kappa shape index (κ2) is 8.68. The topological polar surface area (TPSA) is 59.3 Å². The van der Waals surface area contributed by atoms with Gasteiger partial charge in [0.25, 0.3) is 0 Å². The molecular weight excluding hydrogens is 505 g/mol. The molecule has 0 aromatic heterocycles. The number of benzene rings is 2. The highest BCUT2D eigenvalue weighted by Crippen LogP contribution is 2.60. The smallest absolute Gasteiger partial charge is 0.311 e. The lowest BCUT2D eigenvalue weighted by atomic mass is 10.1. The van der Waals surface area contributed by atoms with Crippen LogP contribution in [0.2, 0.25) is 0 Å². The number of carbonyl (C=O) groups is 1. The van der Waals surface area contributed by atoms with Crippen LogP contribution in [0, 0.1) is 34.4 Å². The molecule has 2 aromatic carbocycles. The lowest BCUT2D eigenvalue weighted by Gasteiger charge is -2.13. The highest BCUT2D eigenvalue weighted by molar-refractivity contribution is 9.28. The summed E-state index contributed by atoms with van der Waals surface area (Å²) < 4.78 is 25.0. The Bertz CT molecular complexity index is 978. The van der Waals surface area contributed by atoms with E-state index in [-0.39, 0.29) is 23.1 Å². The number of allylic oxidation sites excluding steroid dienone is 1. The number of hydrogen-bond donors (Lipinski definition) is 0. The molecule has 1 aliphatic rings. The van der Waals surface area contributed by atoms with Gasteiger partial charge in [0.2, 0.25) is 6.10 Å². The van der Waals surface area contributed by atoms with Gasteiger partial charge in [-0.15, -0.1) is 0 Å². The van der Waals surface area contributed by atoms with Gasteiger partial charge in [-0.3, -0.25) is 4.79 Å². The zero-order valence-corrected chi connectivity index (χ0v) is 18.9. The standard InChI is InChI=1S/C22H18Br2FNO3/c1-22(2)17(11-19(23)24)20(22)21(27)29-18(12-26)13-4-3-5-16(10-13)28-15-8-6-14(25)7-9-15/h3-11,17-18,20H,1-2H3. The normalized spacial score (nSPS) is 20.1. The minimum absolute atomic E-state index is 0.0243. The van der Waals surface area contributed by atoms with Crippen molar-refractivity contribution < 1.29 is 18.7 Å². The van der Waals surface area contributed by atoms with Crippen molar-refractivity contribution in [2.24, 2.45) is 17.3 Å². The zero-order chi connectivity index (χ0) is 21.2. The van der Waals surface area contributed by atoms with Crippen LogP contribution in [0.3, 0.4) is 0 Å². The number of esters is 1. The second-order valence-electron chi connectivity index (χ2n) is 7.36. The number of nitrogens with zero attached hydrogens (tertiary/aromatic N) is 1. The largest absolute Gasteiger partial charge is 0.457 e.